The first kappa shape index (κ1) is 12.6. The number of aliphatic hydroxyl groups excluding tert-OH is 1. The van der Waals surface area contributed by atoms with E-state index in [4.69, 9.17) is 5.11 Å². The van der Waals surface area contributed by atoms with Crippen molar-refractivity contribution < 1.29 is 15.0 Å². The number of carbonyl (C=O) groups is 1. The Hall–Kier alpha value is -1.81. The minimum absolute atomic E-state index is 0.104. The minimum Gasteiger partial charge on any atom is -0.478 e. The molecule has 96 valence electrons. The van der Waals surface area contributed by atoms with Gasteiger partial charge in [0.15, 0.2) is 0 Å². The van der Waals surface area contributed by atoms with Crippen LogP contribution in [0.3, 0.4) is 0 Å². The van der Waals surface area contributed by atoms with Crippen molar-refractivity contribution in [3.63, 3.8) is 0 Å². The molecule has 0 radical (unpaired) electrons. The van der Waals surface area contributed by atoms with Gasteiger partial charge in [-0.1, -0.05) is 0 Å². The number of benzene rings is 1. The highest BCUT2D eigenvalue weighted by Crippen LogP contribution is 2.26. The van der Waals surface area contributed by atoms with Crippen LogP contribution >= 0.6 is 0 Å². The lowest BCUT2D eigenvalue weighted by Crippen LogP contribution is -2.04. The fourth-order valence-electron chi connectivity index (χ4n) is 2.34. The number of rotatable bonds is 4. The molecule has 0 saturated heterocycles. The molecule has 0 aliphatic heterocycles. The summed E-state index contributed by atoms with van der Waals surface area (Å²) in [5.74, 6) is -0.910. The Morgan fingerprint density at radius 1 is 1.33 bits per heavy atom. The number of fused-ring (bicyclic) bond motifs is 1. The van der Waals surface area contributed by atoms with Gasteiger partial charge in [0.25, 0.3) is 0 Å². The molecule has 18 heavy (non-hydrogen) atoms. The van der Waals surface area contributed by atoms with E-state index < -0.39 is 5.97 Å². The number of aliphatic hydroxyl groups is 1. The standard InChI is InChI=1S/C14H17NO3/c1-9-6-11-10(2)8-15(4-3-5-16)13(11)12(7-9)14(17)18/h6-8,16H,3-5H2,1-2H3,(H,17,18). The van der Waals surface area contributed by atoms with Crippen LogP contribution in [0.2, 0.25) is 0 Å². The van der Waals surface area contributed by atoms with Crippen molar-refractivity contribution in [2.24, 2.45) is 0 Å². The third-order valence-electron chi connectivity index (χ3n) is 3.10. The van der Waals surface area contributed by atoms with Gasteiger partial charge in [-0.2, -0.15) is 0 Å². The molecule has 4 heteroatoms. The molecular formula is C14H17NO3. The zero-order chi connectivity index (χ0) is 13.3. The van der Waals surface area contributed by atoms with Gasteiger partial charge in [-0.3, -0.25) is 0 Å². The number of aromatic nitrogens is 1. The SMILES string of the molecule is Cc1cc(C(=O)O)c2c(c1)c(C)cn2CCCO. The topological polar surface area (TPSA) is 62.5 Å². The molecule has 0 amide bonds. The van der Waals surface area contributed by atoms with Gasteiger partial charge in [0.1, 0.15) is 0 Å². The summed E-state index contributed by atoms with van der Waals surface area (Å²) in [5, 5.41) is 19.2. The molecule has 2 aromatic rings. The van der Waals surface area contributed by atoms with Crippen molar-refractivity contribution in [1.29, 1.82) is 0 Å². The molecule has 0 spiro atoms. The summed E-state index contributed by atoms with van der Waals surface area (Å²) in [6.07, 6.45) is 2.57. The van der Waals surface area contributed by atoms with Crippen LogP contribution in [0, 0.1) is 13.8 Å². The Morgan fingerprint density at radius 2 is 2.06 bits per heavy atom. The van der Waals surface area contributed by atoms with Crippen molar-refractivity contribution >= 4 is 16.9 Å². The Morgan fingerprint density at radius 3 is 2.67 bits per heavy atom. The molecule has 0 fully saturated rings. The third kappa shape index (κ3) is 2.11. The lowest BCUT2D eigenvalue weighted by molar-refractivity contribution is 0.0698. The molecule has 0 bridgehead atoms. The first-order valence-electron chi connectivity index (χ1n) is 5.99. The van der Waals surface area contributed by atoms with Crippen molar-refractivity contribution in [3.05, 3.63) is 35.0 Å². The average molecular weight is 247 g/mol. The van der Waals surface area contributed by atoms with E-state index in [1.165, 1.54) is 0 Å². The van der Waals surface area contributed by atoms with Gasteiger partial charge in [0.05, 0.1) is 11.1 Å². The number of aryl methyl sites for hydroxylation is 3. The molecule has 0 aliphatic carbocycles. The molecule has 1 aromatic carbocycles. The highest BCUT2D eigenvalue weighted by atomic mass is 16.4. The van der Waals surface area contributed by atoms with Gasteiger partial charge in [-0.15, -0.1) is 0 Å². The summed E-state index contributed by atoms with van der Waals surface area (Å²) >= 11 is 0. The first-order valence-corrected chi connectivity index (χ1v) is 5.99. The van der Waals surface area contributed by atoms with Crippen LogP contribution in [-0.2, 0) is 6.54 Å². The Labute approximate surface area is 105 Å². The second-order valence-electron chi connectivity index (χ2n) is 4.60. The fourth-order valence-corrected chi connectivity index (χ4v) is 2.34. The predicted octanol–water partition coefficient (Wildman–Crippen LogP) is 2.34. The monoisotopic (exact) mass is 247 g/mol. The molecule has 2 N–H and O–H groups in total. The largest absolute Gasteiger partial charge is 0.478 e. The molecule has 1 aromatic heterocycles. The van der Waals surface area contributed by atoms with Gasteiger partial charge in [-0.05, 0) is 43.5 Å². The zero-order valence-electron chi connectivity index (χ0n) is 10.6. The summed E-state index contributed by atoms with van der Waals surface area (Å²) in [6.45, 7) is 4.61. The highest BCUT2D eigenvalue weighted by Gasteiger charge is 2.15. The van der Waals surface area contributed by atoms with E-state index >= 15 is 0 Å². The maximum Gasteiger partial charge on any atom is 0.337 e. The van der Waals surface area contributed by atoms with E-state index in [0.29, 0.717) is 18.5 Å². The number of hydrogen-bond acceptors (Lipinski definition) is 2. The summed E-state index contributed by atoms with van der Waals surface area (Å²) in [5.41, 5.74) is 3.09. The Bertz CT molecular complexity index is 599. The van der Waals surface area contributed by atoms with Crippen LogP contribution in [-0.4, -0.2) is 27.4 Å². The Kier molecular flexibility index (Phi) is 3.39. The van der Waals surface area contributed by atoms with E-state index in [-0.39, 0.29) is 6.61 Å². The van der Waals surface area contributed by atoms with Crippen LogP contribution in [0.5, 0.6) is 0 Å². The molecule has 0 saturated carbocycles. The van der Waals surface area contributed by atoms with Gasteiger partial charge in [0, 0.05) is 24.7 Å². The predicted molar refractivity (Wildman–Crippen MR) is 70.1 cm³/mol. The van der Waals surface area contributed by atoms with E-state index in [0.717, 1.165) is 22.0 Å². The van der Waals surface area contributed by atoms with Crippen LogP contribution in [0.1, 0.15) is 27.9 Å². The lowest BCUT2D eigenvalue weighted by Gasteiger charge is -2.07. The van der Waals surface area contributed by atoms with Crippen molar-refractivity contribution in [1.82, 2.24) is 4.57 Å². The number of nitrogens with zero attached hydrogens (tertiary/aromatic N) is 1. The fraction of sp³-hybridized carbons (Fsp3) is 0.357. The molecule has 0 atom stereocenters. The normalized spacial score (nSPS) is 11.1. The van der Waals surface area contributed by atoms with E-state index in [2.05, 4.69) is 0 Å². The van der Waals surface area contributed by atoms with Gasteiger partial charge >= 0.3 is 5.97 Å². The van der Waals surface area contributed by atoms with Gasteiger partial charge < -0.3 is 14.8 Å². The number of aromatic carboxylic acids is 1. The zero-order valence-corrected chi connectivity index (χ0v) is 10.6. The quantitative estimate of drug-likeness (QED) is 0.871. The minimum atomic E-state index is -0.910. The molecule has 1 heterocycles. The second-order valence-corrected chi connectivity index (χ2v) is 4.60. The van der Waals surface area contributed by atoms with Gasteiger partial charge in [0.2, 0.25) is 0 Å². The van der Waals surface area contributed by atoms with Crippen molar-refractivity contribution in [2.45, 2.75) is 26.8 Å². The molecule has 2 rings (SSSR count). The third-order valence-corrected chi connectivity index (χ3v) is 3.10. The van der Waals surface area contributed by atoms with Crippen molar-refractivity contribution in [3.8, 4) is 0 Å². The maximum atomic E-state index is 11.3. The van der Waals surface area contributed by atoms with Gasteiger partial charge in [-0.25, -0.2) is 4.79 Å². The smallest absolute Gasteiger partial charge is 0.337 e. The summed E-state index contributed by atoms with van der Waals surface area (Å²) in [4.78, 5) is 11.3. The van der Waals surface area contributed by atoms with Crippen LogP contribution in [0.4, 0.5) is 0 Å². The average Bonchev–Trinajstić information content (AvgIpc) is 2.62. The summed E-state index contributed by atoms with van der Waals surface area (Å²) in [6, 6.07) is 3.70. The van der Waals surface area contributed by atoms with E-state index in [1.54, 1.807) is 6.07 Å². The van der Waals surface area contributed by atoms with E-state index in [9.17, 15) is 9.90 Å². The van der Waals surface area contributed by atoms with E-state index in [1.807, 2.05) is 30.7 Å². The van der Waals surface area contributed by atoms with Crippen LogP contribution in [0.25, 0.3) is 10.9 Å². The summed E-state index contributed by atoms with van der Waals surface area (Å²) in [7, 11) is 0. The maximum absolute atomic E-state index is 11.3. The number of carboxylic acid groups (broad SMARTS) is 1. The summed E-state index contributed by atoms with van der Waals surface area (Å²) < 4.78 is 1.92. The number of carboxylic acids is 1. The molecule has 0 aliphatic rings. The van der Waals surface area contributed by atoms with Crippen LogP contribution < -0.4 is 0 Å². The second kappa shape index (κ2) is 4.82. The lowest BCUT2D eigenvalue weighted by atomic mass is 10.1. The molecular weight excluding hydrogens is 230 g/mol. The Balaban J connectivity index is 2.69. The molecule has 4 nitrogen and oxygen atoms in total. The molecule has 0 unspecified atom stereocenters. The number of hydrogen-bond donors (Lipinski definition) is 2. The highest BCUT2D eigenvalue weighted by molar-refractivity contribution is 6.03. The first-order chi connectivity index (χ1) is 8.54. The van der Waals surface area contributed by atoms with Crippen LogP contribution in [0.15, 0.2) is 18.3 Å². The van der Waals surface area contributed by atoms with Crippen molar-refractivity contribution in [2.75, 3.05) is 6.61 Å².